The summed E-state index contributed by atoms with van der Waals surface area (Å²) in [7, 11) is 1.83. The van der Waals surface area contributed by atoms with Crippen LogP contribution in [-0.2, 0) is 9.47 Å². The summed E-state index contributed by atoms with van der Waals surface area (Å²) in [5.74, 6) is 2.56. The average molecular weight is 360 g/mol. The van der Waals surface area contributed by atoms with E-state index in [9.17, 15) is 0 Å². The van der Waals surface area contributed by atoms with Crippen LogP contribution in [0, 0.1) is 5.92 Å². The normalized spacial score (nSPS) is 19.3. The van der Waals surface area contributed by atoms with E-state index < -0.39 is 0 Å². The maximum Gasteiger partial charge on any atom is 0.191 e. The molecule has 1 aliphatic rings. The molecule has 1 saturated heterocycles. The Kier molecular flexibility index (Phi) is 10.8. The predicted octanol–water partition coefficient (Wildman–Crippen LogP) is 2.90. The summed E-state index contributed by atoms with van der Waals surface area (Å²) >= 11 is 2.05. The molecule has 1 heterocycles. The molecule has 1 atom stereocenters. The molecule has 5 nitrogen and oxygen atoms in total. The van der Waals surface area contributed by atoms with Gasteiger partial charge in [-0.25, -0.2) is 0 Å². The molecule has 0 saturated carbocycles. The molecule has 1 rings (SSSR count). The first-order valence-corrected chi connectivity index (χ1v) is 10.3. The predicted molar refractivity (Wildman–Crippen MR) is 105 cm³/mol. The maximum absolute atomic E-state index is 5.80. The highest BCUT2D eigenvalue weighted by atomic mass is 32.2. The van der Waals surface area contributed by atoms with Crippen LogP contribution < -0.4 is 10.6 Å². The number of aliphatic imine (C=N–C) groups is 1. The molecular weight excluding hydrogens is 322 g/mol. The number of rotatable bonds is 10. The van der Waals surface area contributed by atoms with Crippen molar-refractivity contribution in [2.24, 2.45) is 10.9 Å². The molecule has 0 aromatic carbocycles. The van der Waals surface area contributed by atoms with Crippen molar-refractivity contribution in [3.63, 3.8) is 0 Å². The lowest BCUT2D eigenvalue weighted by Gasteiger charge is -2.37. The Morgan fingerprint density at radius 1 is 1.25 bits per heavy atom. The van der Waals surface area contributed by atoms with Gasteiger partial charge in [-0.3, -0.25) is 4.99 Å². The van der Waals surface area contributed by atoms with Gasteiger partial charge in [-0.1, -0.05) is 20.8 Å². The number of thioether (sulfide) groups is 1. The van der Waals surface area contributed by atoms with Gasteiger partial charge in [0.05, 0.1) is 6.10 Å². The molecular formula is C18H37N3O2S. The van der Waals surface area contributed by atoms with Gasteiger partial charge in [-0.2, -0.15) is 11.8 Å². The Morgan fingerprint density at radius 2 is 1.96 bits per heavy atom. The van der Waals surface area contributed by atoms with E-state index in [-0.39, 0.29) is 4.75 Å². The van der Waals surface area contributed by atoms with Gasteiger partial charge in [0.25, 0.3) is 0 Å². The van der Waals surface area contributed by atoms with E-state index in [4.69, 9.17) is 9.47 Å². The first kappa shape index (κ1) is 21.6. The summed E-state index contributed by atoms with van der Waals surface area (Å²) in [5, 5.41) is 6.95. The molecule has 0 bridgehead atoms. The summed E-state index contributed by atoms with van der Waals surface area (Å²) in [4.78, 5) is 4.36. The van der Waals surface area contributed by atoms with E-state index in [0.29, 0.717) is 12.0 Å². The van der Waals surface area contributed by atoms with Gasteiger partial charge in [0.15, 0.2) is 5.96 Å². The smallest absolute Gasteiger partial charge is 0.191 e. The summed E-state index contributed by atoms with van der Waals surface area (Å²) in [6, 6.07) is 0. The zero-order valence-corrected chi connectivity index (χ0v) is 17.0. The van der Waals surface area contributed by atoms with Crippen molar-refractivity contribution in [2.75, 3.05) is 45.7 Å². The molecule has 0 aliphatic carbocycles. The van der Waals surface area contributed by atoms with Gasteiger partial charge < -0.3 is 20.1 Å². The zero-order valence-electron chi connectivity index (χ0n) is 16.2. The number of ether oxygens (including phenoxy) is 2. The van der Waals surface area contributed by atoms with Crippen molar-refractivity contribution in [1.29, 1.82) is 0 Å². The highest BCUT2D eigenvalue weighted by Gasteiger charge is 2.32. The van der Waals surface area contributed by atoms with Gasteiger partial charge in [0.2, 0.25) is 0 Å². The Morgan fingerprint density at radius 3 is 2.50 bits per heavy atom. The summed E-state index contributed by atoms with van der Waals surface area (Å²) < 4.78 is 11.6. The molecule has 1 unspecified atom stereocenters. The van der Waals surface area contributed by atoms with Gasteiger partial charge in [0.1, 0.15) is 0 Å². The van der Waals surface area contributed by atoms with Crippen LogP contribution in [0.2, 0.25) is 0 Å². The highest BCUT2D eigenvalue weighted by molar-refractivity contribution is 8.00. The largest absolute Gasteiger partial charge is 0.381 e. The molecule has 1 aliphatic heterocycles. The van der Waals surface area contributed by atoms with Crippen LogP contribution in [0.15, 0.2) is 4.99 Å². The number of guanidine groups is 1. The minimum atomic E-state index is 0.274. The third kappa shape index (κ3) is 7.62. The topological polar surface area (TPSA) is 54.9 Å². The van der Waals surface area contributed by atoms with Gasteiger partial charge in [0, 0.05) is 44.7 Å². The zero-order chi connectivity index (χ0) is 17.8. The Labute approximate surface area is 152 Å². The summed E-state index contributed by atoms with van der Waals surface area (Å²) in [5.41, 5.74) is 0. The van der Waals surface area contributed by atoms with E-state index in [0.717, 1.165) is 63.9 Å². The Balaban J connectivity index is 2.41. The average Bonchev–Trinajstić information content (AvgIpc) is 2.58. The third-order valence-electron chi connectivity index (χ3n) is 4.50. The lowest BCUT2D eigenvalue weighted by Crippen LogP contribution is -2.48. The number of hydrogen-bond acceptors (Lipinski definition) is 4. The highest BCUT2D eigenvalue weighted by Crippen LogP contribution is 2.34. The van der Waals surface area contributed by atoms with Crippen molar-refractivity contribution < 1.29 is 9.47 Å². The lowest BCUT2D eigenvalue weighted by atomic mass is 9.99. The minimum absolute atomic E-state index is 0.274. The van der Waals surface area contributed by atoms with Crippen LogP contribution in [0.1, 0.15) is 47.0 Å². The van der Waals surface area contributed by atoms with Crippen LogP contribution in [0.3, 0.4) is 0 Å². The standard InChI is InChI=1S/C18H37N3O2S/c1-6-23-16(15(3)4)8-11-20-17(19-5)21-14-18(24-7-2)9-12-22-13-10-18/h15-16H,6-14H2,1-5H3,(H2,19,20,21). The van der Waals surface area contributed by atoms with Crippen LogP contribution in [0.4, 0.5) is 0 Å². The lowest BCUT2D eigenvalue weighted by molar-refractivity contribution is 0.0258. The Hall–Kier alpha value is -0.460. The molecule has 0 spiro atoms. The maximum atomic E-state index is 5.80. The van der Waals surface area contributed by atoms with E-state index in [2.05, 4.69) is 43.3 Å². The van der Waals surface area contributed by atoms with Crippen LogP contribution in [0.25, 0.3) is 0 Å². The van der Waals surface area contributed by atoms with Crippen molar-refractivity contribution in [3.05, 3.63) is 0 Å². The second kappa shape index (κ2) is 12.0. The number of hydrogen-bond donors (Lipinski definition) is 2. The van der Waals surface area contributed by atoms with E-state index >= 15 is 0 Å². The first-order chi connectivity index (χ1) is 11.6. The third-order valence-corrected chi connectivity index (χ3v) is 5.96. The Bertz CT molecular complexity index is 353. The van der Waals surface area contributed by atoms with Gasteiger partial charge >= 0.3 is 0 Å². The molecule has 0 amide bonds. The van der Waals surface area contributed by atoms with E-state index in [1.165, 1.54) is 0 Å². The van der Waals surface area contributed by atoms with Crippen molar-refractivity contribution in [2.45, 2.75) is 57.8 Å². The quantitative estimate of drug-likeness (QED) is 0.464. The number of nitrogens with zero attached hydrogens (tertiary/aromatic N) is 1. The van der Waals surface area contributed by atoms with Crippen LogP contribution in [-0.4, -0.2) is 62.5 Å². The van der Waals surface area contributed by atoms with Crippen molar-refractivity contribution in [1.82, 2.24) is 10.6 Å². The molecule has 0 aromatic rings. The molecule has 2 N–H and O–H groups in total. The molecule has 6 heteroatoms. The first-order valence-electron chi connectivity index (χ1n) is 9.34. The van der Waals surface area contributed by atoms with E-state index in [1.807, 2.05) is 18.8 Å². The van der Waals surface area contributed by atoms with Crippen LogP contribution >= 0.6 is 11.8 Å². The van der Waals surface area contributed by atoms with Crippen molar-refractivity contribution >= 4 is 17.7 Å². The number of nitrogens with one attached hydrogen (secondary N) is 2. The van der Waals surface area contributed by atoms with Gasteiger partial charge in [-0.15, -0.1) is 0 Å². The molecule has 1 fully saturated rings. The molecule has 24 heavy (non-hydrogen) atoms. The van der Waals surface area contributed by atoms with Crippen molar-refractivity contribution in [3.8, 4) is 0 Å². The monoisotopic (exact) mass is 359 g/mol. The molecule has 142 valence electrons. The van der Waals surface area contributed by atoms with Crippen LogP contribution in [0.5, 0.6) is 0 Å². The summed E-state index contributed by atoms with van der Waals surface area (Å²) in [6.45, 7) is 13.0. The second-order valence-corrected chi connectivity index (χ2v) is 8.34. The second-order valence-electron chi connectivity index (χ2n) is 6.61. The minimum Gasteiger partial charge on any atom is -0.381 e. The fourth-order valence-corrected chi connectivity index (χ4v) is 4.29. The fourth-order valence-electron chi connectivity index (χ4n) is 3.04. The van der Waals surface area contributed by atoms with E-state index in [1.54, 1.807) is 0 Å². The van der Waals surface area contributed by atoms with Gasteiger partial charge in [-0.05, 0) is 37.9 Å². The fraction of sp³-hybridized carbons (Fsp3) is 0.944. The molecule has 0 radical (unpaired) electrons. The SMILES string of the molecule is CCOC(CCNC(=NC)NCC1(SCC)CCOCC1)C(C)C. The summed E-state index contributed by atoms with van der Waals surface area (Å²) in [6.07, 6.45) is 3.51. The molecule has 0 aromatic heterocycles.